The second-order valence-corrected chi connectivity index (χ2v) is 6.23. The minimum Gasteiger partial charge on any atom is -0.490 e. The van der Waals surface area contributed by atoms with Crippen molar-refractivity contribution in [3.63, 3.8) is 0 Å². The predicted molar refractivity (Wildman–Crippen MR) is 112 cm³/mol. The summed E-state index contributed by atoms with van der Waals surface area (Å²) in [5.41, 5.74) is 1.25. The van der Waals surface area contributed by atoms with E-state index in [1.165, 1.54) is 6.08 Å². The van der Waals surface area contributed by atoms with Crippen molar-refractivity contribution in [3.8, 4) is 17.2 Å². The van der Waals surface area contributed by atoms with Crippen LogP contribution in [0.5, 0.6) is 17.2 Å². The summed E-state index contributed by atoms with van der Waals surface area (Å²) in [5, 5.41) is 0. The highest BCUT2D eigenvalue weighted by atomic mass is 16.6. The number of cyclic esters (lactones) is 1. The molecule has 2 aromatic rings. The zero-order valence-corrected chi connectivity index (χ0v) is 17.1. The number of aliphatic imine (C=N–C) groups is 1. The van der Waals surface area contributed by atoms with E-state index in [0.717, 1.165) is 0 Å². The fourth-order valence-electron chi connectivity index (χ4n) is 2.75. The molecule has 0 N–H and O–H groups in total. The van der Waals surface area contributed by atoms with Crippen molar-refractivity contribution >= 4 is 23.9 Å². The lowest BCUT2D eigenvalue weighted by atomic mass is 10.1. The van der Waals surface area contributed by atoms with E-state index in [-0.39, 0.29) is 24.0 Å². The fourth-order valence-corrected chi connectivity index (χ4v) is 2.75. The summed E-state index contributed by atoms with van der Waals surface area (Å²) >= 11 is 0. The molecule has 3 rings (SSSR count). The van der Waals surface area contributed by atoms with Gasteiger partial charge in [0.2, 0.25) is 5.90 Å². The third-order valence-corrected chi connectivity index (χ3v) is 4.13. The Hall–Kier alpha value is -3.61. The Morgan fingerprint density at radius 1 is 1.00 bits per heavy atom. The summed E-state index contributed by atoms with van der Waals surface area (Å²) in [6, 6.07) is 12.1. The maximum atomic E-state index is 12.4. The van der Waals surface area contributed by atoms with Gasteiger partial charge in [0, 0.05) is 17.5 Å². The van der Waals surface area contributed by atoms with Crippen molar-refractivity contribution < 1.29 is 28.5 Å². The highest BCUT2D eigenvalue weighted by molar-refractivity contribution is 6.13. The van der Waals surface area contributed by atoms with E-state index in [1.807, 2.05) is 13.8 Å². The molecule has 0 bridgehead atoms. The zero-order valence-electron chi connectivity index (χ0n) is 17.1. The summed E-state index contributed by atoms with van der Waals surface area (Å²) in [4.78, 5) is 28.3. The number of esters is 2. The Balaban J connectivity index is 1.92. The zero-order chi connectivity index (χ0) is 21.5. The topological polar surface area (TPSA) is 83.4 Å². The van der Waals surface area contributed by atoms with Crippen LogP contribution in [0.4, 0.5) is 0 Å². The average Bonchev–Trinajstić information content (AvgIpc) is 3.11. The monoisotopic (exact) mass is 409 g/mol. The largest absolute Gasteiger partial charge is 0.490 e. The van der Waals surface area contributed by atoms with Gasteiger partial charge in [-0.15, -0.1) is 0 Å². The minimum atomic E-state index is -0.589. The summed E-state index contributed by atoms with van der Waals surface area (Å²) in [5.74, 6) is 0.719. The number of carbonyl (C=O) groups excluding carboxylic acids is 2. The van der Waals surface area contributed by atoms with E-state index in [9.17, 15) is 9.59 Å². The number of carbonyl (C=O) groups is 2. The van der Waals surface area contributed by atoms with Gasteiger partial charge < -0.3 is 18.9 Å². The standard InChI is InChI=1S/C23H23NO6/c1-4-21(25)29-18-10-8-7-9-15(18)13-17-23(26)30-22(24-17)16-11-12-19(27-5-2)20(14-16)28-6-3/h7-14H,4-6H2,1-3H3/b17-13-. The van der Waals surface area contributed by atoms with E-state index < -0.39 is 5.97 Å². The Bertz CT molecular complexity index is 1010. The molecule has 30 heavy (non-hydrogen) atoms. The Morgan fingerprint density at radius 3 is 2.47 bits per heavy atom. The summed E-state index contributed by atoms with van der Waals surface area (Å²) in [6.07, 6.45) is 1.78. The van der Waals surface area contributed by atoms with Gasteiger partial charge in [-0.3, -0.25) is 4.79 Å². The van der Waals surface area contributed by atoms with Gasteiger partial charge in [0.1, 0.15) is 5.75 Å². The number of para-hydroxylation sites is 1. The van der Waals surface area contributed by atoms with Crippen LogP contribution in [-0.4, -0.2) is 31.1 Å². The normalized spacial score (nSPS) is 14.3. The highest BCUT2D eigenvalue weighted by Crippen LogP contribution is 2.31. The Kier molecular flexibility index (Phi) is 6.85. The van der Waals surface area contributed by atoms with Crippen molar-refractivity contribution in [2.75, 3.05) is 13.2 Å². The first kappa shape index (κ1) is 21.1. The van der Waals surface area contributed by atoms with Crippen molar-refractivity contribution in [1.29, 1.82) is 0 Å². The van der Waals surface area contributed by atoms with Gasteiger partial charge in [0.05, 0.1) is 13.2 Å². The number of nitrogens with zero attached hydrogens (tertiary/aromatic N) is 1. The Morgan fingerprint density at radius 2 is 1.73 bits per heavy atom. The minimum absolute atomic E-state index is 0.108. The van der Waals surface area contributed by atoms with Crippen LogP contribution in [-0.2, 0) is 14.3 Å². The molecule has 156 valence electrons. The van der Waals surface area contributed by atoms with Crippen LogP contribution in [0, 0.1) is 0 Å². The lowest BCUT2D eigenvalue weighted by molar-refractivity contribution is -0.134. The SMILES string of the molecule is CCOc1ccc(C2=N/C(=C\c3ccccc3OC(=O)CC)C(=O)O2)cc1OCC. The molecule has 7 nitrogen and oxygen atoms in total. The highest BCUT2D eigenvalue weighted by Gasteiger charge is 2.25. The van der Waals surface area contributed by atoms with E-state index in [0.29, 0.717) is 41.6 Å². The van der Waals surface area contributed by atoms with E-state index >= 15 is 0 Å². The van der Waals surface area contributed by atoms with Crippen LogP contribution in [0.2, 0.25) is 0 Å². The van der Waals surface area contributed by atoms with Crippen LogP contribution in [0.15, 0.2) is 53.2 Å². The number of benzene rings is 2. The molecule has 0 spiro atoms. The van der Waals surface area contributed by atoms with Crippen LogP contribution in [0.25, 0.3) is 6.08 Å². The van der Waals surface area contributed by atoms with Crippen molar-refractivity contribution in [2.24, 2.45) is 4.99 Å². The quantitative estimate of drug-likeness (QED) is 0.370. The number of hydrogen-bond donors (Lipinski definition) is 0. The van der Waals surface area contributed by atoms with Crippen LogP contribution in [0.3, 0.4) is 0 Å². The second kappa shape index (κ2) is 9.73. The molecule has 0 aliphatic carbocycles. The van der Waals surface area contributed by atoms with E-state index in [1.54, 1.807) is 49.4 Å². The predicted octanol–water partition coefficient (Wildman–Crippen LogP) is 4.14. The molecule has 0 saturated heterocycles. The fraction of sp³-hybridized carbons (Fsp3) is 0.261. The second-order valence-electron chi connectivity index (χ2n) is 6.23. The summed E-state index contributed by atoms with van der Waals surface area (Å²) in [7, 11) is 0. The van der Waals surface area contributed by atoms with Crippen molar-refractivity contribution in [2.45, 2.75) is 27.2 Å². The number of ether oxygens (including phenoxy) is 4. The van der Waals surface area contributed by atoms with Gasteiger partial charge in [-0.25, -0.2) is 9.79 Å². The third kappa shape index (κ3) is 4.86. The smallest absolute Gasteiger partial charge is 0.363 e. The van der Waals surface area contributed by atoms with Gasteiger partial charge in [-0.05, 0) is 44.2 Å². The molecule has 2 aromatic carbocycles. The van der Waals surface area contributed by atoms with Gasteiger partial charge >= 0.3 is 11.9 Å². The maximum Gasteiger partial charge on any atom is 0.363 e. The molecule has 0 amide bonds. The lowest BCUT2D eigenvalue weighted by Crippen LogP contribution is -2.07. The van der Waals surface area contributed by atoms with E-state index in [2.05, 4.69) is 4.99 Å². The maximum absolute atomic E-state index is 12.4. The molecule has 7 heteroatoms. The first-order chi connectivity index (χ1) is 14.5. The molecule has 0 atom stereocenters. The number of hydrogen-bond acceptors (Lipinski definition) is 7. The van der Waals surface area contributed by atoms with Crippen molar-refractivity contribution in [3.05, 3.63) is 59.3 Å². The molecule has 0 saturated carbocycles. The van der Waals surface area contributed by atoms with Gasteiger partial charge in [-0.2, -0.15) is 0 Å². The Labute approximate surface area is 174 Å². The molecule has 0 fully saturated rings. The van der Waals surface area contributed by atoms with Crippen LogP contribution < -0.4 is 14.2 Å². The van der Waals surface area contributed by atoms with Gasteiger partial charge in [-0.1, -0.05) is 25.1 Å². The molecule has 1 aliphatic rings. The summed E-state index contributed by atoms with van der Waals surface area (Å²) in [6.45, 7) is 6.44. The molecular formula is C23H23NO6. The molecule has 1 aliphatic heterocycles. The first-order valence-corrected chi connectivity index (χ1v) is 9.78. The molecular weight excluding hydrogens is 386 g/mol. The van der Waals surface area contributed by atoms with Crippen LogP contribution >= 0.6 is 0 Å². The number of rotatable bonds is 8. The van der Waals surface area contributed by atoms with Crippen LogP contribution in [0.1, 0.15) is 38.3 Å². The average molecular weight is 409 g/mol. The summed E-state index contributed by atoms with van der Waals surface area (Å²) < 4.78 is 21.8. The molecule has 1 heterocycles. The lowest BCUT2D eigenvalue weighted by Gasteiger charge is -2.11. The third-order valence-electron chi connectivity index (χ3n) is 4.13. The van der Waals surface area contributed by atoms with Crippen molar-refractivity contribution in [1.82, 2.24) is 0 Å². The molecule has 0 aromatic heterocycles. The molecule has 0 radical (unpaired) electrons. The molecule has 0 unspecified atom stereocenters. The van der Waals surface area contributed by atoms with Gasteiger partial charge in [0.25, 0.3) is 0 Å². The van der Waals surface area contributed by atoms with Gasteiger partial charge in [0.15, 0.2) is 17.2 Å². The van der Waals surface area contributed by atoms with E-state index in [4.69, 9.17) is 18.9 Å². The first-order valence-electron chi connectivity index (χ1n) is 9.78.